The van der Waals surface area contributed by atoms with E-state index in [1.165, 1.54) is 25.7 Å². The van der Waals surface area contributed by atoms with Crippen LogP contribution in [0.5, 0.6) is 0 Å². The highest BCUT2D eigenvalue weighted by atomic mass is 32.1. The van der Waals surface area contributed by atoms with Gasteiger partial charge in [-0.25, -0.2) is 0 Å². The van der Waals surface area contributed by atoms with Gasteiger partial charge < -0.3 is 5.73 Å². The summed E-state index contributed by atoms with van der Waals surface area (Å²) in [5, 5.41) is 0. The molecule has 1 heterocycles. The van der Waals surface area contributed by atoms with Gasteiger partial charge in [-0.1, -0.05) is 38.0 Å². The van der Waals surface area contributed by atoms with Gasteiger partial charge in [0.25, 0.3) is 0 Å². The minimum absolute atomic E-state index is 0.390. The van der Waals surface area contributed by atoms with Crippen molar-refractivity contribution >= 4 is 17.2 Å². The number of thiocarbonyl (C=S) groups is 1. The minimum Gasteiger partial charge on any atom is -0.388 e. The Hall–Kier alpha value is -1.00. The van der Waals surface area contributed by atoms with Gasteiger partial charge in [-0.05, 0) is 37.4 Å². The first-order valence-electron chi connectivity index (χ1n) is 7.03. The number of rotatable bonds is 4. The maximum absolute atomic E-state index is 5.75. The van der Waals surface area contributed by atoms with E-state index in [4.69, 9.17) is 18.0 Å². The first-order valence-corrected chi connectivity index (χ1v) is 7.44. The normalized spacial score (nSPS) is 23.5. The number of nitrogens with zero attached hydrogens (tertiary/aromatic N) is 2. The SMILES string of the molecule is CC1CCCCC1N(C)Cc1cccnc1C(N)=S. The van der Waals surface area contributed by atoms with E-state index in [1.807, 2.05) is 6.07 Å². The van der Waals surface area contributed by atoms with Crippen LogP contribution >= 0.6 is 12.2 Å². The fraction of sp³-hybridized carbons (Fsp3) is 0.600. The highest BCUT2D eigenvalue weighted by molar-refractivity contribution is 7.80. The standard InChI is InChI=1S/C15H23N3S/c1-11-6-3-4-8-13(11)18(2)10-12-7-5-9-17-14(12)15(16)19/h5,7,9,11,13H,3-4,6,8,10H2,1-2H3,(H2,16,19). The van der Waals surface area contributed by atoms with Crippen molar-refractivity contribution in [2.45, 2.75) is 45.2 Å². The molecule has 1 saturated carbocycles. The van der Waals surface area contributed by atoms with Gasteiger partial charge in [0.2, 0.25) is 0 Å². The van der Waals surface area contributed by atoms with Gasteiger partial charge in [0.15, 0.2) is 0 Å². The molecular weight excluding hydrogens is 254 g/mol. The molecule has 1 aromatic heterocycles. The van der Waals surface area contributed by atoms with Crippen LogP contribution in [0.2, 0.25) is 0 Å². The lowest BCUT2D eigenvalue weighted by Gasteiger charge is -2.36. The predicted octanol–water partition coefficient (Wildman–Crippen LogP) is 2.73. The second-order valence-corrected chi connectivity index (χ2v) is 6.06. The molecule has 1 aromatic rings. The van der Waals surface area contributed by atoms with E-state index in [-0.39, 0.29) is 0 Å². The van der Waals surface area contributed by atoms with E-state index in [1.54, 1.807) is 6.20 Å². The van der Waals surface area contributed by atoms with Crippen molar-refractivity contribution < 1.29 is 0 Å². The van der Waals surface area contributed by atoms with Gasteiger partial charge >= 0.3 is 0 Å². The molecule has 2 atom stereocenters. The zero-order valence-corrected chi connectivity index (χ0v) is 12.6. The number of nitrogens with two attached hydrogens (primary N) is 1. The summed E-state index contributed by atoms with van der Waals surface area (Å²) in [4.78, 5) is 7.13. The Morgan fingerprint density at radius 1 is 1.47 bits per heavy atom. The Labute approximate surface area is 121 Å². The zero-order chi connectivity index (χ0) is 13.8. The van der Waals surface area contributed by atoms with Crippen molar-refractivity contribution in [3.8, 4) is 0 Å². The predicted molar refractivity (Wildman–Crippen MR) is 83.0 cm³/mol. The van der Waals surface area contributed by atoms with Crippen LogP contribution in [0, 0.1) is 5.92 Å². The maximum Gasteiger partial charge on any atom is 0.123 e. The third-order valence-electron chi connectivity index (χ3n) is 4.18. The lowest BCUT2D eigenvalue weighted by atomic mass is 9.85. The van der Waals surface area contributed by atoms with Crippen molar-refractivity contribution in [2.24, 2.45) is 11.7 Å². The molecule has 104 valence electrons. The van der Waals surface area contributed by atoms with E-state index in [0.717, 1.165) is 23.7 Å². The van der Waals surface area contributed by atoms with E-state index >= 15 is 0 Å². The lowest BCUT2D eigenvalue weighted by Crippen LogP contribution is -2.38. The molecule has 0 amide bonds. The number of aromatic nitrogens is 1. The van der Waals surface area contributed by atoms with Crippen LogP contribution in [0.4, 0.5) is 0 Å². The second-order valence-electron chi connectivity index (χ2n) is 5.62. The van der Waals surface area contributed by atoms with Crippen molar-refractivity contribution in [2.75, 3.05) is 7.05 Å². The van der Waals surface area contributed by atoms with E-state index in [9.17, 15) is 0 Å². The first kappa shape index (κ1) is 14.4. The average molecular weight is 277 g/mol. The number of pyridine rings is 1. The van der Waals surface area contributed by atoms with Crippen LogP contribution in [0.15, 0.2) is 18.3 Å². The van der Waals surface area contributed by atoms with Crippen molar-refractivity contribution in [3.05, 3.63) is 29.6 Å². The maximum atomic E-state index is 5.75. The summed E-state index contributed by atoms with van der Waals surface area (Å²) in [6, 6.07) is 4.69. The summed E-state index contributed by atoms with van der Waals surface area (Å²) in [6.45, 7) is 3.23. The molecule has 1 aliphatic carbocycles. The number of hydrogen-bond acceptors (Lipinski definition) is 3. The molecule has 2 unspecified atom stereocenters. The second kappa shape index (κ2) is 6.44. The fourth-order valence-electron chi connectivity index (χ4n) is 3.13. The largest absolute Gasteiger partial charge is 0.388 e. The molecule has 1 aliphatic rings. The smallest absolute Gasteiger partial charge is 0.123 e. The van der Waals surface area contributed by atoms with Crippen LogP contribution < -0.4 is 5.73 Å². The Balaban J connectivity index is 2.10. The monoisotopic (exact) mass is 277 g/mol. The third-order valence-corrected chi connectivity index (χ3v) is 4.37. The van der Waals surface area contributed by atoms with Gasteiger partial charge in [0, 0.05) is 18.8 Å². The van der Waals surface area contributed by atoms with Crippen molar-refractivity contribution in [1.82, 2.24) is 9.88 Å². The van der Waals surface area contributed by atoms with Crippen LogP contribution in [-0.4, -0.2) is 28.0 Å². The van der Waals surface area contributed by atoms with E-state index < -0.39 is 0 Å². The summed E-state index contributed by atoms with van der Waals surface area (Å²) in [5.41, 5.74) is 7.65. The summed E-state index contributed by atoms with van der Waals surface area (Å²) in [7, 11) is 2.20. The summed E-state index contributed by atoms with van der Waals surface area (Å²) >= 11 is 5.08. The Bertz CT molecular complexity index is 447. The van der Waals surface area contributed by atoms with E-state index in [0.29, 0.717) is 11.0 Å². The molecule has 0 radical (unpaired) electrons. The van der Waals surface area contributed by atoms with Gasteiger partial charge in [-0.15, -0.1) is 0 Å². The molecule has 0 aliphatic heterocycles. The average Bonchev–Trinajstić information content (AvgIpc) is 2.39. The minimum atomic E-state index is 0.390. The van der Waals surface area contributed by atoms with Crippen molar-refractivity contribution in [1.29, 1.82) is 0 Å². The molecule has 3 nitrogen and oxygen atoms in total. The van der Waals surface area contributed by atoms with Gasteiger partial charge in [0.05, 0.1) is 0 Å². The highest BCUT2D eigenvalue weighted by Crippen LogP contribution is 2.28. The molecule has 2 rings (SSSR count). The summed E-state index contributed by atoms with van der Waals surface area (Å²) in [6.07, 6.45) is 7.09. The topological polar surface area (TPSA) is 42.2 Å². The Morgan fingerprint density at radius 2 is 2.21 bits per heavy atom. The lowest BCUT2D eigenvalue weighted by molar-refractivity contribution is 0.133. The zero-order valence-electron chi connectivity index (χ0n) is 11.8. The van der Waals surface area contributed by atoms with Crippen LogP contribution in [-0.2, 0) is 6.54 Å². The summed E-state index contributed by atoms with van der Waals surface area (Å²) < 4.78 is 0. The van der Waals surface area contributed by atoms with Crippen molar-refractivity contribution in [3.63, 3.8) is 0 Å². The highest BCUT2D eigenvalue weighted by Gasteiger charge is 2.25. The molecule has 0 spiro atoms. The Morgan fingerprint density at radius 3 is 2.89 bits per heavy atom. The molecule has 0 bridgehead atoms. The molecule has 1 fully saturated rings. The molecule has 19 heavy (non-hydrogen) atoms. The quantitative estimate of drug-likeness (QED) is 0.859. The van der Waals surface area contributed by atoms with Gasteiger partial charge in [-0.3, -0.25) is 9.88 Å². The molecule has 0 aromatic carbocycles. The molecule has 2 N–H and O–H groups in total. The Kier molecular flexibility index (Phi) is 4.88. The molecule has 4 heteroatoms. The van der Waals surface area contributed by atoms with Crippen LogP contribution in [0.3, 0.4) is 0 Å². The molecular formula is C15H23N3S. The summed E-state index contributed by atoms with van der Waals surface area (Å²) in [5.74, 6) is 0.767. The first-order chi connectivity index (χ1) is 9.09. The third kappa shape index (κ3) is 3.51. The van der Waals surface area contributed by atoms with Crippen LogP contribution in [0.1, 0.15) is 43.9 Å². The van der Waals surface area contributed by atoms with Gasteiger partial charge in [-0.2, -0.15) is 0 Å². The number of hydrogen-bond donors (Lipinski definition) is 1. The molecule has 0 saturated heterocycles. The van der Waals surface area contributed by atoms with Gasteiger partial charge in [0.1, 0.15) is 10.7 Å². The van der Waals surface area contributed by atoms with E-state index in [2.05, 4.69) is 29.9 Å². The van der Waals surface area contributed by atoms with Crippen LogP contribution in [0.25, 0.3) is 0 Å². The fourth-order valence-corrected chi connectivity index (χ4v) is 3.31.